The fourth-order valence-electron chi connectivity index (χ4n) is 0.401. The van der Waals surface area contributed by atoms with Crippen molar-refractivity contribution in [1.29, 1.82) is 0 Å². The fraction of sp³-hybridized carbons (Fsp3) is 0.200. The van der Waals surface area contributed by atoms with Gasteiger partial charge in [0.1, 0.15) is 0 Å². The lowest BCUT2D eigenvalue weighted by Gasteiger charge is -1.94. The molecule has 1 heterocycles. The summed E-state index contributed by atoms with van der Waals surface area (Å²) in [7, 11) is 0. The molecule has 1 rings (SSSR count). The smallest absolute Gasteiger partial charge is 0.156 e. The van der Waals surface area contributed by atoms with Crippen molar-refractivity contribution in [1.82, 2.24) is 10.2 Å². The molecule has 1 aromatic heterocycles. The topological polar surface area (TPSA) is 25.8 Å². The Hall–Kier alpha value is -0.340. The maximum absolute atomic E-state index is 5.63. The van der Waals surface area contributed by atoms with Gasteiger partial charge in [0.05, 0.1) is 11.2 Å². The van der Waals surface area contributed by atoms with Crippen molar-refractivity contribution < 1.29 is 0 Å². The Kier molecular flexibility index (Phi) is 1.88. The van der Waals surface area contributed by atoms with Gasteiger partial charge in [-0.2, -0.15) is 5.10 Å². The highest BCUT2D eigenvalue weighted by Gasteiger charge is 1.99. The molecule has 48 valence electrons. The zero-order valence-electron chi connectivity index (χ0n) is 4.73. The molecule has 0 unspecified atom stereocenters. The fourth-order valence-corrected chi connectivity index (χ4v) is 0.728. The van der Waals surface area contributed by atoms with E-state index in [1.807, 2.05) is 0 Å². The third kappa shape index (κ3) is 1.32. The first kappa shape index (κ1) is 6.78. The monoisotopic (exact) mass is 162 g/mol. The molecule has 0 aliphatic carbocycles. The highest BCUT2D eigenvalue weighted by atomic mass is 35.5. The van der Waals surface area contributed by atoms with Crippen molar-refractivity contribution in [2.45, 2.75) is 6.92 Å². The summed E-state index contributed by atoms with van der Waals surface area (Å²) in [4.78, 5) is 0. The van der Waals surface area contributed by atoms with Crippen LogP contribution in [0.25, 0.3) is 0 Å². The van der Waals surface area contributed by atoms with Crippen molar-refractivity contribution in [3.63, 3.8) is 0 Å². The van der Waals surface area contributed by atoms with Gasteiger partial charge < -0.3 is 0 Å². The van der Waals surface area contributed by atoms with Gasteiger partial charge in [0.2, 0.25) is 0 Å². The van der Waals surface area contributed by atoms with E-state index in [1.165, 1.54) is 6.20 Å². The number of halogens is 2. The normalized spacial score (nSPS) is 9.67. The molecule has 0 amide bonds. The van der Waals surface area contributed by atoms with E-state index in [9.17, 15) is 0 Å². The second-order valence-electron chi connectivity index (χ2n) is 1.61. The van der Waals surface area contributed by atoms with Crippen LogP contribution in [-0.4, -0.2) is 10.2 Å². The van der Waals surface area contributed by atoms with E-state index >= 15 is 0 Å². The number of hydrogen-bond acceptors (Lipinski definition) is 2. The van der Waals surface area contributed by atoms with Crippen molar-refractivity contribution >= 4 is 23.2 Å². The van der Waals surface area contributed by atoms with Gasteiger partial charge in [-0.15, -0.1) is 5.10 Å². The third-order valence-electron chi connectivity index (χ3n) is 0.984. The summed E-state index contributed by atoms with van der Waals surface area (Å²) in [5.41, 5.74) is 0.772. The van der Waals surface area contributed by atoms with Gasteiger partial charge >= 0.3 is 0 Å². The highest BCUT2D eigenvalue weighted by Crippen LogP contribution is 2.18. The summed E-state index contributed by atoms with van der Waals surface area (Å²) >= 11 is 11.2. The van der Waals surface area contributed by atoms with E-state index in [1.54, 1.807) is 6.92 Å². The second-order valence-corrected chi connectivity index (χ2v) is 2.37. The van der Waals surface area contributed by atoms with Gasteiger partial charge in [0, 0.05) is 5.56 Å². The average molecular weight is 163 g/mol. The Labute approximate surface area is 62.8 Å². The zero-order chi connectivity index (χ0) is 6.85. The summed E-state index contributed by atoms with van der Waals surface area (Å²) in [6, 6.07) is 0. The number of hydrogen-bond donors (Lipinski definition) is 0. The van der Waals surface area contributed by atoms with Crippen molar-refractivity contribution in [3.05, 3.63) is 21.9 Å². The summed E-state index contributed by atoms with van der Waals surface area (Å²) in [5, 5.41) is 8.02. The standard InChI is InChI=1S/C5H4Cl2N2/c1-3-4(6)2-8-9-5(3)7/h2H,1H3. The molecule has 0 bridgehead atoms. The maximum Gasteiger partial charge on any atom is 0.156 e. The van der Waals surface area contributed by atoms with Crippen LogP contribution in [0.5, 0.6) is 0 Å². The van der Waals surface area contributed by atoms with Gasteiger partial charge in [0.25, 0.3) is 0 Å². The number of aromatic nitrogens is 2. The minimum atomic E-state index is 0.363. The lowest BCUT2D eigenvalue weighted by molar-refractivity contribution is 1.02. The van der Waals surface area contributed by atoms with Gasteiger partial charge in [0.15, 0.2) is 5.15 Å². The molecule has 0 spiro atoms. The average Bonchev–Trinajstić information content (AvgIpc) is 1.83. The first-order chi connectivity index (χ1) is 4.22. The van der Waals surface area contributed by atoms with Crippen LogP contribution < -0.4 is 0 Å². The van der Waals surface area contributed by atoms with Gasteiger partial charge in [-0.05, 0) is 6.92 Å². The molecule has 0 aliphatic heterocycles. The molecular formula is C5H4Cl2N2. The Morgan fingerprint density at radius 3 is 2.56 bits per heavy atom. The third-order valence-corrected chi connectivity index (χ3v) is 1.72. The number of rotatable bonds is 0. The minimum Gasteiger partial charge on any atom is -0.156 e. The molecule has 9 heavy (non-hydrogen) atoms. The molecule has 1 aromatic rings. The molecule has 0 N–H and O–H groups in total. The Morgan fingerprint density at radius 2 is 2.11 bits per heavy atom. The van der Waals surface area contributed by atoms with E-state index in [4.69, 9.17) is 23.2 Å². The quantitative estimate of drug-likeness (QED) is 0.585. The summed E-state index contributed by atoms with van der Waals surface area (Å²) in [6.07, 6.45) is 1.46. The van der Waals surface area contributed by atoms with Crippen molar-refractivity contribution in [2.75, 3.05) is 0 Å². The molecule has 4 heteroatoms. The van der Waals surface area contributed by atoms with E-state index in [-0.39, 0.29) is 0 Å². The van der Waals surface area contributed by atoms with E-state index < -0.39 is 0 Å². The molecule has 0 fully saturated rings. The van der Waals surface area contributed by atoms with Crippen LogP contribution in [0.3, 0.4) is 0 Å². The van der Waals surface area contributed by atoms with Crippen LogP contribution >= 0.6 is 23.2 Å². The van der Waals surface area contributed by atoms with Gasteiger partial charge in [-0.3, -0.25) is 0 Å². The van der Waals surface area contributed by atoms with Crippen molar-refractivity contribution in [3.8, 4) is 0 Å². The van der Waals surface area contributed by atoms with Crippen molar-refractivity contribution in [2.24, 2.45) is 0 Å². The lowest BCUT2D eigenvalue weighted by Crippen LogP contribution is -1.85. The first-order valence-electron chi connectivity index (χ1n) is 2.35. The molecule has 0 radical (unpaired) electrons. The van der Waals surface area contributed by atoms with E-state index in [0.717, 1.165) is 5.56 Å². The first-order valence-corrected chi connectivity index (χ1v) is 3.10. The van der Waals surface area contributed by atoms with Crippen LogP contribution in [0.15, 0.2) is 6.20 Å². The Morgan fingerprint density at radius 1 is 1.44 bits per heavy atom. The Bertz CT molecular complexity index is 204. The lowest BCUT2D eigenvalue weighted by atomic mass is 10.4. The highest BCUT2D eigenvalue weighted by molar-refractivity contribution is 6.34. The molecule has 0 saturated heterocycles. The zero-order valence-corrected chi connectivity index (χ0v) is 6.24. The summed E-state index contributed by atoms with van der Waals surface area (Å²) in [6.45, 7) is 1.79. The minimum absolute atomic E-state index is 0.363. The summed E-state index contributed by atoms with van der Waals surface area (Å²) < 4.78 is 0. The molecular weight excluding hydrogens is 159 g/mol. The maximum atomic E-state index is 5.63. The molecule has 0 saturated carbocycles. The molecule has 0 aromatic carbocycles. The predicted octanol–water partition coefficient (Wildman–Crippen LogP) is 2.09. The summed E-state index contributed by atoms with van der Waals surface area (Å²) in [5.74, 6) is 0. The van der Waals surface area contributed by atoms with Crippen LogP contribution in [-0.2, 0) is 0 Å². The van der Waals surface area contributed by atoms with Gasteiger partial charge in [-0.25, -0.2) is 0 Å². The largest absolute Gasteiger partial charge is 0.156 e. The number of nitrogens with zero attached hydrogens (tertiary/aromatic N) is 2. The van der Waals surface area contributed by atoms with Crippen LogP contribution in [0, 0.1) is 6.92 Å². The molecule has 0 atom stereocenters. The predicted molar refractivity (Wildman–Crippen MR) is 36.8 cm³/mol. The van der Waals surface area contributed by atoms with Crippen LogP contribution in [0.1, 0.15) is 5.56 Å². The van der Waals surface area contributed by atoms with Gasteiger partial charge in [-0.1, -0.05) is 23.2 Å². The van der Waals surface area contributed by atoms with E-state index in [2.05, 4.69) is 10.2 Å². The second kappa shape index (κ2) is 2.50. The molecule has 0 aliphatic rings. The Balaban J connectivity index is 3.25. The molecule has 2 nitrogen and oxygen atoms in total. The van der Waals surface area contributed by atoms with E-state index in [0.29, 0.717) is 10.2 Å². The SMILES string of the molecule is Cc1c(Cl)cnnc1Cl. The van der Waals surface area contributed by atoms with Crippen LogP contribution in [0.4, 0.5) is 0 Å². The van der Waals surface area contributed by atoms with Crippen LogP contribution in [0.2, 0.25) is 10.2 Å².